The fraction of sp³-hybridized carbons (Fsp3) is 0.933. The lowest BCUT2D eigenvalue weighted by Gasteiger charge is -2.29. The van der Waals surface area contributed by atoms with Crippen molar-refractivity contribution in [2.45, 2.75) is 64.3 Å². The molecule has 2 fully saturated rings. The van der Waals surface area contributed by atoms with Gasteiger partial charge in [-0.05, 0) is 51.0 Å². The predicted octanol–water partition coefficient (Wildman–Crippen LogP) is 2.56. The van der Waals surface area contributed by atoms with Crippen molar-refractivity contribution in [2.24, 2.45) is 5.92 Å². The summed E-state index contributed by atoms with van der Waals surface area (Å²) in [5.74, 6) is 1.18. The van der Waals surface area contributed by atoms with Gasteiger partial charge in [0.15, 0.2) is 0 Å². The number of hydrogen-bond donors (Lipinski definition) is 1. The van der Waals surface area contributed by atoms with E-state index in [1.54, 1.807) is 0 Å². The summed E-state index contributed by atoms with van der Waals surface area (Å²) < 4.78 is 0. The fourth-order valence-corrected chi connectivity index (χ4v) is 3.40. The third-order valence-electron chi connectivity index (χ3n) is 4.51. The zero-order valence-electron chi connectivity index (χ0n) is 11.8. The van der Waals surface area contributed by atoms with Crippen molar-refractivity contribution in [1.82, 2.24) is 10.2 Å². The highest BCUT2D eigenvalue weighted by atomic mass is 16.2. The third kappa shape index (κ3) is 3.71. The Morgan fingerprint density at radius 3 is 2.94 bits per heavy atom. The summed E-state index contributed by atoms with van der Waals surface area (Å²) >= 11 is 0. The van der Waals surface area contributed by atoms with Crippen molar-refractivity contribution in [3.63, 3.8) is 0 Å². The van der Waals surface area contributed by atoms with Crippen molar-refractivity contribution < 1.29 is 4.79 Å². The zero-order valence-corrected chi connectivity index (χ0v) is 11.8. The van der Waals surface area contributed by atoms with Gasteiger partial charge in [0.25, 0.3) is 0 Å². The van der Waals surface area contributed by atoms with Gasteiger partial charge in [0.1, 0.15) is 0 Å². The minimum absolute atomic E-state index is 0.386. The van der Waals surface area contributed by atoms with Gasteiger partial charge in [-0.25, -0.2) is 0 Å². The minimum atomic E-state index is 0.386. The highest BCUT2D eigenvalue weighted by Crippen LogP contribution is 2.29. The van der Waals surface area contributed by atoms with Gasteiger partial charge in [-0.15, -0.1) is 0 Å². The molecule has 1 aliphatic carbocycles. The van der Waals surface area contributed by atoms with Gasteiger partial charge in [0.05, 0.1) is 0 Å². The molecule has 0 spiro atoms. The molecule has 0 aromatic carbocycles. The maximum atomic E-state index is 11.8. The monoisotopic (exact) mass is 252 g/mol. The van der Waals surface area contributed by atoms with Crippen LogP contribution in [0.15, 0.2) is 0 Å². The van der Waals surface area contributed by atoms with E-state index in [-0.39, 0.29) is 0 Å². The SMILES string of the molecule is CCCNC1CCCC1CCN1CCCCC1=O. The molecule has 2 atom stereocenters. The number of carbonyl (C=O) groups is 1. The Bertz CT molecular complexity index is 267. The van der Waals surface area contributed by atoms with E-state index >= 15 is 0 Å². The minimum Gasteiger partial charge on any atom is -0.343 e. The first-order chi connectivity index (χ1) is 8.81. The van der Waals surface area contributed by atoms with E-state index in [0.29, 0.717) is 11.9 Å². The number of hydrogen-bond acceptors (Lipinski definition) is 2. The first-order valence-electron chi connectivity index (χ1n) is 7.82. The van der Waals surface area contributed by atoms with Crippen LogP contribution in [0.4, 0.5) is 0 Å². The Balaban J connectivity index is 1.72. The number of rotatable bonds is 6. The molecule has 2 aliphatic rings. The highest BCUT2D eigenvalue weighted by molar-refractivity contribution is 5.76. The molecular weight excluding hydrogens is 224 g/mol. The van der Waals surface area contributed by atoms with Crippen LogP contribution in [0.1, 0.15) is 58.3 Å². The number of likely N-dealkylation sites (tertiary alicyclic amines) is 1. The number of carbonyl (C=O) groups excluding carboxylic acids is 1. The summed E-state index contributed by atoms with van der Waals surface area (Å²) in [5.41, 5.74) is 0. The lowest BCUT2D eigenvalue weighted by molar-refractivity contribution is -0.133. The van der Waals surface area contributed by atoms with E-state index < -0.39 is 0 Å². The topological polar surface area (TPSA) is 32.3 Å². The number of nitrogens with zero attached hydrogens (tertiary/aromatic N) is 1. The van der Waals surface area contributed by atoms with Crippen LogP contribution in [0.3, 0.4) is 0 Å². The molecule has 0 aromatic rings. The molecule has 104 valence electrons. The molecule has 18 heavy (non-hydrogen) atoms. The maximum absolute atomic E-state index is 11.8. The zero-order chi connectivity index (χ0) is 12.8. The van der Waals surface area contributed by atoms with Crippen LogP contribution in [0.5, 0.6) is 0 Å². The molecule has 1 heterocycles. The van der Waals surface area contributed by atoms with Gasteiger partial charge in [-0.1, -0.05) is 13.3 Å². The van der Waals surface area contributed by atoms with Gasteiger partial charge in [-0.2, -0.15) is 0 Å². The molecule has 0 aromatic heterocycles. The second kappa shape index (κ2) is 7.13. The normalized spacial score (nSPS) is 28.9. The first-order valence-corrected chi connectivity index (χ1v) is 7.82. The third-order valence-corrected chi connectivity index (χ3v) is 4.51. The van der Waals surface area contributed by atoms with E-state index in [1.165, 1.54) is 38.5 Å². The van der Waals surface area contributed by atoms with Crippen LogP contribution in [-0.4, -0.2) is 36.5 Å². The van der Waals surface area contributed by atoms with Crippen molar-refractivity contribution in [1.29, 1.82) is 0 Å². The summed E-state index contributed by atoms with van der Waals surface area (Å²) in [6.45, 7) is 5.36. The van der Waals surface area contributed by atoms with E-state index in [4.69, 9.17) is 0 Å². The summed E-state index contributed by atoms with van der Waals surface area (Å²) in [4.78, 5) is 13.9. The smallest absolute Gasteiger partial charge is 0.222 e. The maximum Gasteiger partial charge on any atom is 0.222 e. The molecule has 1 N–H and O–H groups in total. The van der Waals surface area contributed by atoms with Crippen LogP contribution in [-0.2, 0) is 4.79 Å². The van der Waals surface area contributed by atoms with Gasteiger partial charge < -0.3 is 10.2 Å². The molecule has 0 radical (unpaired) electrons. The van der Waals surface area contributed by atoms with Crippen LogP contribution in [0.2, 0.25) is 0 Å². The molecule has 2 unspecified atom stereocenters. The Hall–Kier alpha value is -0.570. The van der Waals surface area contributed by atoms with E-state index in [2.05, 4.69) is 17.1 Å². The van der Waals surface area contributed by atoms with Gasteiger partial charge >= 0.3 is 0 Å². The lowest BCUT2D eigenvalue weighted by atomic mass is 9.98. The van der Waals surface area contributed by atoms with Gasteiger partial charge in [0, 0.05) is 25.6 Å². The standard InChI is InChI=1S/C15H28N2O/c1-2-10-16-14-7-5-6-13(14)9-12-17-11-4-3-8-15(17)18/h13-14,16H,2-12H2,1H3. The molecular formula is C15H28N2O. The number of piperidine rings is 1. The quantitative estimate of drug-likeness (QED) is 0.788. The molecule has 1 aliphatic heterocycles. The molecule has 1 amide bonds. The van der Waals surface area contributed by atoms with Crippen molar-refractivity contribution in [2.75, 3.05) is 19.6 Å². The average Bonchev–Trinajstić information content (AvgIpc) is 2.83. The van der Waals surface area contributed by atoms with Crippen LogP contribution in [0.25, 0.3) is 0 Å². The van der Waals surface area contributed by atoms with Crippen LogP contribution in [0, 0.1) is 5.92 Å². The first kappa shape index (κ1) is 13.9. The summed E-state index contributed by atoms with van der Waals surface area (Å²) in [5, 5.41) is 3.68. The molecule has 1 saturated heterocycles. The number of nitrogens with one attached hydrogen (secondary N) is 1. The Labute approximate surface area is 111 Å². The molecule has 2 rings (SSSR count). The van der Waals surface area contributed by atoms with Crippen molar-refractivity contribution >= 4 is 5.91 Å². The summed E-state index contributed by atoms with van der Waals surface area (Å²) in [6, 6.07) is 0.713. The lowest BCUT2D eigenvalue weighted by Crippen LogP contribution is -2.39. The second-order valence-electron chi connectivity index (χ2n) is 5.88. The Morgan fingerprint density at radius 1 is 1.28 bits per heavy atom. The second-order valence-corrected chi connectivity index (χ2v) is 5.88. The fourth-order valence-electron chi connectivity index (χ4n) is 3.40. The Morgan fingerprint density at radius 2 is 2.17 bits per heavy atom. The van der Waals surface area contributed by atoms with Crippen molar-refractivity contribution in [3.8, 4) is 0 Å². The van der Waals surface area contributed by atoms with Gasteiger partial charge in [0.2, 0.25) is 5.91 Å². The van der Waals surface area contributed by atoms with Crippen LogP contribution < -0.4 is 5.32 Å². The average molecular weight is 252 g/mol. The van der Waals surface area contributed by atoms with Crippen molar-refractivity contribution in [3.05, 3.63) is 0 Å². The van der Waals surface area contributed by atoms with E-state index in [9.17, 15) is 4.79 Å². The van der Waals surface area contributed by atoms with E-state index in [0.717, 1.165) is 38.4 Å². The molecule has 3 nitrogen and oxygen atoms in total. The Kier molecular flexibility index (Phi) is 5.48. The van der Waals surface area contributed by atoms with E-state index in [1.807, 2.05) is 0 Å². The summed E-state index contributed by atoms with van der Waals surface area (Å²) in [6.07, 6.45) is 9.54. The summed E-state index contributed by atoms with van der Waals surface area (Å²) in [7, 11) is 0. The van der Waals surface area contributed by atoms with Crippen LogP contribution >= 0.6 is 0 Å². The molecule has 0 bridgehead atoms. The molecule has 3 heteroatoms. The largest absolute Gasteiger partial charge is 0.343 e. The molecule has 1 saturated carbocycles. The number of amides is 1. The van der Waals surface area contributed by atoms with Gasteiger partial charge in [-0.3, -0.25) is 4.79 Å². The predicted molar refractivity (Wildman–Crippen MR) is 74.5 cm³/mol. The highest BCUT2D eigenvalue weighted by Gasteiger charge is 2.27.